The van der Waals surface area contributed by atoms with Crippen LogP contribution < -0.4 is 0 Å². The Balaban J connectivity index is 2.49. The van der Waals surface area contributed by atoms with Crippen LogP contribution in [0.5, 0.6) is 0 Å². The first kappa shape index (κ1) is 12.5. The summed E-state index contributed by atoms with van der Waals surface area (Å²) in [6, 6.07) is 4.14. The molecule has 0 amide bonds. The van der Waals surface area contributed by atoms with E-state index in [1.54, 1.807) is 0 Å². The molecule has 1 heterocycles. The maximum absolute atomic E-state index is 11.0. The first-order chi connectivity index (χ1) is 8.59. The van der Waals surface area contributed by atoms with Crippen molar-refractivity contribution in [2.75, 3.05) is 0 Å². The van der Waals surface area contributed by atoms with Gasteiger partial charge in [-0.2, -0.15) is 0 Å². The lowest BCUT2D eigenvalue weighted by atomic mass is 10.2. The molecule has 0 fully saturated rings. The summed E-state index contributed by atoms with van der Waals surface area (Å²) in [6.45, 7) is 0. The summed E-state index contributed by atoms with van der Waals surface area (Å²) in [5, 5.41) is 27.3. The summed E-state index contributed by atoms with van der Waals surface area (Å²) in [5.41, 5.74) is 0.731. The number of aromatic carboxylic acids is 1. The molecule has 0 aliphatic rings. The highest BCUT2D eigenvalue weighted by atomic mass is 32.2. The molecule has 1 aromatic heterocycles. The quantitative estimate of drug-likeness (QED) is 0.677. The van der Waals surface area contributed by atoms with Gasteiger partial charge < -0.3 is 5.11 Å². The molecule has 0 aliphatic heterocycles. The number of carboxylic acid groups (broad SMARTS) is 1. The van der Waals surface area contributed by atoms with Gasteiger partial charge in [0.2, 0.25) is 0 Å². The number of nitrogens with zero attached hydrogens (tertiary/aromatic N) is 3. The van der Waals surface area contributed by atoms with E-state index in [0.29, 0.717) is 4.34 Å². The summed E-state index contributed by atoms with van der Waals surface area (Å²) in [7, 11) is 0. The maximum atomic E-state index is 11.0. The van der Waals surface area contributed by atoms with E-state index in [4.69, 9.17) is 5.11 Å². The molecule has 2 rings (SSSR count). The third kappa shape index (κ3) is 2.46. The van der Waals surface area contributed by atoms with Gasteiger partial charge in [0.1, 0.15) is 11.1 Å². The molecular formula is C9H5N3O4S2. The van der Waals surface area contributed by atoms with E-state index < -0.39 is 16.6 Å². The summed E-state index contributed by atoms with van der Waals surface area (Å²) < 4.78 is 0.514. The SMILES string of the molecule is O=C(O)c1cccc(Sc2nncs2)c1[N+](=O)[O-]. The number of hydrogen-bond donors (Lipinski definition) is 1. The van der Waals surface area contributed by atoms with E-state index in [1.807, 2.05) is 0 Å². The van der Waals surface area contributed by atoms with E-state index >= 15 is 0 Å². The van der Waals surface area contributed by atoms with Crippen LogP contribution in [0.4, 0.5) is 5.69 Å². The fourth-order valence-electron chi connectivity index (χ4n) is 1.27. The molecule has 0 atom stereocenters. The van der Waals surface area contributed by atoms with Crippen molar-refractivity contribution < 1.29 is 14.8 Å². The Morgan fingerprint density at radius 1 is 1.50 bits per heavy atom. The maximum Gasteiger partial charge on any atom is 0.342 e. The van der Waals surface area contributed by atoms with Gasteiger partial charge >= 0.3 is 5.97 Å². The van der Waals surface area contributed by atoms with Crippen LogP contribution in [-0.4, -0.2) is 26.2 Å². The Hall–Kier alpha value is -2.00. The van der Waals surface area contributed by atoms with E-state index in [0.717, 1.165) is 11.8 Å². The average molecular weight is 283 g/mol. The van der Waals surface area contributed by atoms with Crippen molar-refractivity contribution in [3.8, 4) is 0 Å². The third-order valence-electron chi connectivity index (χ3n) is 1.95. The zero-order valence-corrected chi connectivity index (χ0v) is 10.3. The van der Waals surface area contributed by atoms with Crippen molar-refractivity contribution in [3.05, 3.63) is 39.4 Å². The van der Waals surface area contributed by atoms with E-state index in [9.17, 15) is 14.9 Å². The largest absolute Gasteiger partial charge is 0.477 e. The summed E-state index contributed by atoms with van der Waals surface area (Å²) in [4.78, 5) is 21.4. The van der Waals surface area contributed by atoms with Crippen molar-refractivity contribution in [1.29, 1.82) is 0 Å². The van der Waals surface area contributed by atoms with Crippen LogP contribution in [0.15, 0.2) is 32.9 Å². The third-order valence-corrected chi connectivity index (χ3v) is 3.78. The molecule has 1 aromatic carbocycles. The fourth-order valence-corrected chi connectivity index (χ4v) is 2.84. The Labute approximate surface area is 109 Å². The molecule has 0 bridgehead atoms. The van der Waals surface area contributed by atoms with E-state index in [-0.39, 0.29) is 10.5 Å². The molecule has 0 aliphatic carbocycles. The number of benzene rings is 1. The number of carbonyl (C=O) groups is 1. The van der Waals surface area contributed by atoms with Crippen LogP contribution in [0.1, 0.15) is 10.4 Å². The molecule has 7 nitrogen and oxygen atoms in total. The van der Waals surface area contributed by atoms with Crippen LogP contribution in [-0.2, 0) is 0 Å². The molecule has 92 valence electrons. The zero-order valence-electron chi connectivity index (χ0n) is 8.64. The summed E-state index contributed by atoms with van der Waals surface area (Å²) >= 11 is 2.24. The van der Waals surface area contributed by atoms with Gasteiger partial charge in [0, 0.05) is 0 Å². The van der Waals surface area contributed by atoms with Gasteiger partial charge in [0.05, 0.1) is 9.82 Å². The molecule has 0 unspecified atom stereocenters. The predicted molar refractivity (Wildman–Crippen MR) is 64.1 cm³/mol. The number of para-hydroxylation sites is 1. The molecule has 18 heavy (non-hydrogen) atoms. The lowest BCUT2D eigenvalue weighted by molar-refractivity contribution is -0.388. The van der Waals surface area contributed by atoms with Crippen LogP contribution in [0, 0.1) is 10.1 Å². The van der Waals surface area contributed by atoms with Crippen LogP contribution in [0.25, 0.3) is 0 Å². The predicted octanol–water partition coefficient (Wildman–Crippen LogP) is 2.30. The second-order valence-corrected chi connectivity index (χ2v) is 5.14. The van der Waals surface area contributed by atoms with Gasteiger partial charge in [-0.05, 0) is 12.1 Å². The van der Waals surface area contributed by atoms with Crippen LogP contribution in [0.2, 0.25) is 0 Å². The Bertz CT molecular complexity index is 600. The van der Waals surface area contributed by atoms with Gasteiger partial charge in [-0.1, -0.05) is 29.2 Å². The normalized spacial score (nSPS) is 10.2. The highest BCUT2D eigenvalue weighted by Gasteiger charge is 2.25. The minimum absolute atomic E-state index is 0.233. The van der Waals surface area contributed by atoms with Crippen molar-refractivity contribution in [1.82, 2.24) is 10.2 Å². The van der Waals surface area contributed by atoms with Crippen LogP contribution in [0.3, 0.4) is 0 Å². The number of carboxylic acids is 1. The van der Waals surface area contributed by atoms with Gasteiger partial charge in [-0.25, -0.2) is 4.79 Å². The molecular weight excluding hydrogens is 278 g/mol. The van der Waals surface area contributed by atoms with Crippen molar-refractivity contribution >= 4 is 34.8 Å². The molecule has 9 heteroatoms. The average Bonchev–Trinajstić information content (AvgIpc) is 2.81. The van der Waals surface area contributed by atoms with Gasteiger partial charge in [-0.3, -0.25) is 10.1 Å². The number of hydrogen-bond acceptors (Lipinski definition) is 7. The van der Waals surface area contributed by atoms with Crippen molar-refractivity contribution in [3.63, 3.8) is 0 Å². The Morgan fingerprint density at radius 2 is 2.28 bits per heavy atom. The highest BCUT2D eigenvalue weighted by molar-refractivity contribution is 8.01. The number of aromatic nitrogens is 2. The molecule has 1 N–H and O–H groups in total. The van der Waals surface area contributed by atoms with Crippen molar-refractivity contribution in [2.24, 2.45) is 0 Å². The zero-order chi connectivity index (χ0) is 13.1. The monoisotopic (exact) mass is 283 g/mol. The number of nitro groups is 1. The minimum Gasteiger partial charge on any atom is -0.477 e. The number of nitro benzene ring substituents is 1. The standard InChI is InChI=1S/C9H5N3O4S2/c13-8(14)5-2-1-3-6(7(5)12(15)16)18-9-11-10-4-17-9/h1-4H,(H,13,14). The smallest absolute Gasteiger partial charge is 0.342 e. The van der Waals surface area contributed by atoms with Gasteiger partial charge in [0.25, 0.3) is 5.69 Å². The topological polar surface area (TPSA) is 106 Å². The molecule has 2 aromatic rings. The van der Waals surface area contributed by atoms with Gasteiger partial charge in [-0.15, -0.1) is 10.2 Å². The van der Waals surface area contributed by atoms with E-state index in [1.165, 1.54) is 35.0 Å². The minimum atomic E-state index is -1.33. The lowest BCUT2D eigenvalue weighted by Crippen LogP contribution is -2.03. The molecule has 0 saturated heterocycles. The van der Waals surface area contributed by atoms with Crippen LogP contribution >= 0.6 is 23.1 Å². The van der Waals surface area contributed by atoms with Gasteiger partial charge in [0.15, 0.2) is 4.34 Å². The van der Waals surface area contributed by atoms with E-state index in [2.05, 4.69) is 10.2 Å². The Kier molecular flexibility index (Phi) is 3.53. The number of rotatable bonds is 4. The molecule has 0 spiro atoms. The molecule has 0 radical (unpaired) electrons. The second-order valence-electron chi connectivity index (χ2n) is 3.02. The lowest BCUT2D eigenvalue weighted by Gasteiger charge is -2.02. The van der Waals surface area contributed by atoms with Crippen molar-refractivity contribution in [2.45, 2.75) is 9.24 Å². The first-order valence-corrected chi connectivity index (χ1v) is 6.24. The Morgan fingerprint density at radius 3 is 2.83 bits per heavy atom. The second kappa shape index (κ2) is 5.10. The highest BCUT2D eigenvalue weighted by Crippen LogP contribution is 2.37. The summed E-state index contributed by atoms with van der Waals surface area (Å²) in [5.74, 6) is -1.33. The molecule has 0 saturated carbocycles. The first-order valence-electron chi connectivity index (χ1n) is 4.54. The fraction of sp³-hybridized carbons (Fsp3) is 0. The summed E-state index contributed by atoms with van der Waals surface area (Å²) in [6.07, 6.45) is 0.